The average Bonchev–Trinajstić information content (AvgIpc) is 3.27. The van der Waals surface area contributed by atoms with Crippen molar-refractivity contribution in [2.45, 2.75) is 57.0 Å². The predicted molar refractivity (Wildman–Crippen MR) is 134 cm³/mol. The van der Waals surface area contributed by atoms with Crippen LogP contribution in [0.4, 0.5) is 0 Å². The molecule has 3 heterocycles. The molecule has 1 amide bonds. The molecule has 0 bridgehead atoms. The van der Waals surface area contributed by atoms with Crippen molar-refractivity contribution >= 4 is 40.1 Å². The highest BCUT2D eigenvalue weighted by Crippen LogP contribution is 2.34. The highest BCUT2D eigenvalue weighted by Gasteiger charge is 2.29. The molecule has 0 unspecified atom stereocenters. The van der Waals surface area contributed by atoms with Crippen LogP contribution in [0.3, 0.4) is 0 Å². The Morgan fingerprint density at radius 2 is 1.91 bits per heavy atom. The van der Waals surface area contributed by atoms with E-state index in [1.165, 1.54) is 12.0 Å². The van der Waals surface area contributed by atoms with Gasteiger partial charge < -0.3 is 14.8 Å². The summed E-state index contributed by atoms with van der Waals surface area (Å²) in [6.07, 6.45) is 7.17. The molecule has 3 aromatic rings. The third-order valence-corrected chi connectivity index (χ3v) is 7.88. The lowest BCUT2D eigenvalue weighted by molar-refractivity contribution is -0.135. The molecule has 0 aliphatic carbocycles. The molecule has 1 aromatic heterocycles. The standard InChI is InChI=1S/C26H30Cl2N4O/c1-17(21-7-6-20(27)15-22(21)28)32-16-30-23-8-5-19(14-25(23)32)18-9-12-31(13-10-18)26(33)24-4-2-3-11-29-24/h5-8,14-18,24,29H,2-4,9-13H2,1H3/t17-,24-/m1/s1. The number of aromatic nitrogens is 2. The summed E-state index contributed by atoms with van der Waals surface area (Å²) in [4.78, 5) is 19.6. The number of carbonyl (C=O) groups is 1. The van der Waals surface area contributed by atoms with Crippen molar-refractivity contribution in [3.63, 3.8) is 0 Å². The van der Waals surface area contributed by atoms with E-state index < -0.39 is 0 Å². The topological polar surface area (TPSA) is 50.2 Å². The normalized spacial score (nSPS) is 20.8. The van der Waals surface area contributed by atoms with Crippen molar-refractivity contribution in [3.8, 4) is 0 Å². The van der Waals surface area contributed by atoms with Gasteiger partial charge in [0, 0.05) is 23.1 Å². The van der Waals surface area contributed by atoms with E-state index in [-0.39, 0.29) is 18.0 Å². The van der Waals surface area contributed by atoms with Gasteiger partial charge in [-0.1, -0.05) is 41.8 Å². The molecule has 2 atom stereocenters. The van der Waals surface area contributed by atoms with Crippen molar-refractivity contribution in [2.75, 3.05) is 19.6 Å². The van der Waals surface area contributed by atoms with Crippen molar-refractivity contribution in [2.24, 2.45) is 0 Å². The number of imidazole rings is 1. The summed E-state index contributed by atoms with van der Waals surface area (Å²) in [5.41, 5.74) is 4.43. The number of carbonyl (C=O) groups excluding carboxylic acids is 1. The zero-order valence-corrected chi connectivity index (χ0v) is 20.4. The van der Waals surface area contributed by atoms with Crippen LogP contribution in [-0.2, 0) is 4.79 Å². The SMILES string of the molecule is C[C@H](c1ccc(Cl)cc1Cl)n1cnc2ccc(C3CCN(C(=O)[C@H]4CCCCN4)CC3)cc21. The summed E-state index contributed by atoms with van der Waals surface area (Å²) in [6, 6.07) is 12.3. The first-order chi connectivity index (χ1) is 16.0. The van der Waals surface area contributed by atoms with Crippen molar-refractivity contribution in [1.29, 1.82) is 0 Å². The molecule has 1 N–H and O–H groups in total. The minimum atomic E-state index is 0.0159. The molecule has 2 fully saturated rings. The first-order valence-corrected chi connectivity index (χ1v) is 12.7. The Morgan fingerprint density at radius 3 is 2.64 bits per heavy atom. The van der Waals surface area contributed by atoms with Gasteiger partial charge in [0.2, 0.25) is 5.91 Å². The second kappa shape index (κ2) is 9.65. The van der Waals surface area contributed by atoms with E-state index in [9.17, 15) is 4.79 Å². The molecule has 5 nitrogen and oxygen atoms in total. The number of rotatable bonds is 4. The van der Waals surface area contributed by atoms with Crippen molar-refractivity contribution < 1.29 is 4.79 Å². The second-order valence-electron chi connectivity index (χ2n) is 9.34. The molecule has 7 heteroatoms. The van der Waals surface area contributed by atoms with Gasteiger partial charge in [-0.25, -0.2) is 4.98 Å². The third kappa shape index (κ3) is 4.64. The van der Waals surface area contributed by atoms with E-state index in [1.54, 1.807) is 6.07 Å². The molecule has 0 saturated carbocycles. The number of halogens is 2. The number of piperidine rings is 2. The van der Waals surface area contributed by atoms with Gasteiger partial charge in [-0.15, -0.1) is 0 Å². The third-order valence-electron chi connectivity index (χ3n) is 7.32. The summed E-state index contributed by atoms with van der Waals surface area (Å²) in [6.45, 7) is 4.75. The average molecular weight is 485 g/mol. The first-order valence-electron chi connectivity index (χ1n) is 11.9. The molecule has 2 aromatic carbocycles. The van der Waals surface area contributed by atoms with Crippen LogP contribution < -0.4 is 5.32 Å². The summed E-state index contributed by atoms with van der Waals surface area (Å²) in [5.74, 6) is 0.742. The van der Waals surface area contributed by atoms with Gasteiger partial charge in [0.05, 0.1) is 29.4 Å². The molecule has 5 rings (SSSR count). The number of hydrogen-bond acceptors (Lipinski definition) is 3. The molecule has 174 valence electrons. The van der Waals surface area contributed by atoms with Gasteiger partial charge in [-0.3, -0.25) is 4.79 Å². The Balaban J connectivity index is 1.32. The molecule has 0 spiro atoms. The molecule has 33 heavy (non-hydrogen) atoms. The maximum Gasteiger partial charge on any atom is 0.239 e. The zero-order chi connectivity index (χ0) is 22.9. The summed E-state index contributed by atoms with van der Waals surface area (Å²) >= 11 is 12.6. The molecular weight excluding hydrogens is 455 g/mol. The lowest BCUT2D eigenvalue weighted by Gasteiger charge is -2.35. The largest absolute Gasteiger partial charge is 0.341 e. The van der Waals surface area contributed by atoms with Crippen LogP contribution in [0.5, 0.6) is 0 Å². The highest BCUT2D eigenvalue weighted by molar-refractivity contribution is 6.35. The van der Waals surface area contributed by atoms with E-state index in [0.29, 0.717) is 16.0 Å². The van der Waals surface area contributed by atoms with E-state index in [4.69, 9.17) is 23.2 Å². The van der Waals surface area contributed by atoms with Crippen LogP contribution in [0.25, 0.3) is 11.0 Å². The quantitative estimate of drug-likeness (QED) is 0.508. The molecule has 0 radical (unpaired) electrons. The lowest BCUT2D eigenvalue weighted by atomic mass is 9.88. The highest BCUT2D eigenvalue weighted by atomic mass is 35.5. The Bertz CT molecular complexity index is 1150. The van der Waals surface area contributed by atoms with Crippen molar-refractivity contribution in [3.05, 3.63) is 63.9 Å². The molecular formula is C26H30Cl2N4O. The van der Waals surface area contributed by atoms with Gasteiger partial charge >= 0.3 is 0 Å². The molecule has 2 aliphatic rings. The fraction of sp³-hybridized carbons (Fsp3) is 0.462. The lowest BCUT2D eigenvalue weighted by Crippen LogP contribution is -2.50. The van der Waals surface area contributed by atoms with Gasteiger partial charge in [0.15, 0.2) is 0 Å². The Morgan fingerprint density at radius 1 is 1.09 bits per heavy atom. The predicted octanol–water partition coefficient (Wildman–Crippen LogP) is 5.80. The van der Waals surface area contributed by atoms with E-state index in [0.717, 1.165) is 61.9 Å². The summed E-state index contributed by atoms with van der Waals surface area (Å²) in [7, 11) is 0. The van der Waals surface area contributed by atoms with Gasteiger partial charge in [-0.05, 0) is 80.5 Å². The number of benzene rings is 2. The van der Waals surface area contributed by atoms with Gasteiger partial charge in [0.25, 0.3) is 0 Å². The van der Waals surface area contributed by atoms with E-state index >= 15 is 0 Å². The Hall–Kier alpha value is -2.08. The number of amides is 1. The van der Waals surface area contributed by atoms with Gasteiger partial charge in [-0.2, -0.15) is 0 Å². The van der Waals surface area contributed by atoms with Crippen LogP contribution in [0, 0.1) is 0 Å². The number of fused-ring (bicyclic) bond motifs is 1. The van der Waals surface area contributed by atoms with E-state index in [1.807, 2.05) is 18.5 Å². The van der Waals surface area contributed by atoms with Gasteiger partial charge in [0.1, 0.15) is 0 Å². The zero-order valence-electron chi connectivity index (χ0n) is 18.9. The van der Waals surface area contributed by atoms with Crippen LogP contribution in [0.2, 0.25) is 10.0 Å². The minimum Gasteiger partial charge on any atom is -0.341 e. The maximum atomic E-state index is 12.9. The minimum absolute atomic E-state index is 0.0159. The smallest absolute Gasteiger partial charge is 0.239 e. The van der Waals surface area contributed by atoms with Crippen LogP contribution in [0.1, 0.15) is 62.1 Å². The Labute approximate surface area is 205 Å². The Kier molecular flexibility index (Phi) is 6.64. The van der Waals surface area contributed by atoms with E-state index in [2.05, 4.69) is 44.9 Å². The van der Waals surface area contributed by atoms with Crippen molar-refractivity contribution in [1.82, 2.24) is 19.8 Å². The summed E-state index contributed by atoms with van der Waals surface area (Å²) in [5, 5.41) is 4.70. The fourth-order valence-corrected chi connectivity index (χ4v) is 5.88. The van der Waals surface area contributed by atoms with Crippen LogP contribution in [-0.4, -0.2) is 46.0 Å². The number of nitrogens with one attached hydrogen (secondary N) is 1. The second-order valence-corrected chi connectivity index (χ2v) is 10.2. The monoisotopic (exact) mass is 484 g/mol. The fourth-order valence-electron chi connectivity index (χ4n) is 5.31. The van der Waals surface area contributed by atoms with Crippen LogP contribution in [0.15, 0.2) is 42.7 Å². The number of likely N-dealkylation sites (tertiary alicyclic amines) is 1. The number of hydrogen-bond donors (Lipinski definition) is 1. The first kappa shape index (κ1) is 22.7. The summed E-state index contributed by atoms with van der Waals surface area (Å²) < 4.78 is 2.18. The maximum absolute atomic E-state index is 12.9. The van der Waals surface area contributed by atoms with Crippen LogP contribution >= 0.6 is 23.2 Å². The molecule has 2 saturated heterocycles. The number of nitrogens with zero attached hydrogens (tertiary/aromatic N) is 3. The molecule has 2 aliphatic heterocycles.